The van der Waals surface area contributed by atoms with Gasteiger partial charge in [-0.05, 0) is 53.8 Å². The van der Waals surface area contributed by atoms with E-state index in [4.69, 9.17) is 4.74 Å². The first-order valence-electron chi connectivity index (χ1n) is 8.18. The quantitative estimate of drug-likeness (QED) is 0.808. The summed E-state index contributed by atoms with van der Waals surface area (Å²) in [5.41, 5.74) is 6.21. The molecule has 4 nitrogen and oxygen atoms in total. The van der Waals surface area contributed by atoms with Crippen LogP contribution in [0.2, 0.25) is 0 Å². The Hall–Kier alpha value is -2.62. The molecular formula is C20H21NO3. The third-order valence-corrected chi connectivity index (χ3v) is 4.67. The number of amides is 1. The van der Waals surface area contributed by atoms with Crippen LogP contribution in [0.3, 0.4) is 0 Å². The maximum atomic E-state index is 12.1. The molecule has 0 fully saturated rings. The second kappa shape index (κ2) is 6.48. The smallest absolute Gasteiger partial charge is 0.337 e. The second-order valence-electron chi connectivity index (χ2n) is 5.95. The lowest BCUT2D eigenvalue weighted by Crippen LogP contribution is -2.27. The van der Waals surface area contributed by atoms with Crippen LogP contribution in [0.25, 0.3) is 11.1 Å². The molecule has 24 heavy (non-hydrogen) atoms. The second-order valence-corrected chi connectivity index (χ2v) is 5.95. The van der Waals surface area contributed by atoms with E-state index in [9.17, 15) is 9.59 Å². The maximum absolute atomic E-state index is 12.1. The van der Waals surface area contributed by atoms with Gasteiger partial charge in [0.25, 0.3) is 0 Å². The molecule has 0 radical (unpaired) electrons. The van der Waals surface area contributed by atoms with E-state index in [1.54, 1.807) is 12.1 Å². The number of ether oxygens (including phenoxy) is 1. The molecule has 4 heteroatoms. The first-order valence-corrected chi connectivity index (χ1v) is 8.18. The molecule has 0 aromatic heterocycles. The van der Waals surface area contributed by atoms with E-state index in [0.717, 1.165) is 29.8 Å². The molecule has 1 aliphatic rings. The summed E-state index contributed by atoms with van der Waals surface area (Å²) in [5, 5.41) is 0. The van der Waals surface area contributed by atoms with Crippen molar-refractivity contribution in [2.45, 2.75) is 26.7 Å². The van der Waals surface area contributed by atoms with Gasteiger partial charge in [-0.25, -0.2) is 4.79 Å². The Balaban J connectivity index is 1.97. The number of hydrogen-bond acceptors (Lipinski definition) is 3. The summed E-state index contributed by atoms with van der Waals surface area (Å²) in [6, 6.07) is 11.5. The standard InChI is InChI=1S/C20H21NO3/c1-4-19(22)21-12-11-17-13(2)16(9-10-18(17)21)14-5-7-15(8-6-14)20(23)24-3/h5-10H,4,11-12H2,1-3H3. The number of anilines is 1. The van der Waals surface area contributed by atoms with E-state index < -0.39 is 0 Å². The van der Waals surface area contributed by atoms with Gasteiger partial charge in [0.15, 0.2) is 0 Å². The molecule has 0 atom stereocenters. The lowest BCUT2D eigenvalue weighted by Gasteiger charge is -2.18. The zero-order valence-corrected chi connectivity index (χ0v) is 14.3. The first-order chi connectivity index (χ1) is 11.6. The lowest BCUT2D eigenvalue weighted by atomic mass is 9.94. The third kappa shape index (κ3) is 2.68. The highest BCUT2D eigenvalue weighted by Gasteiger charge is 2.25. The fourth-order valence-corrected chi connectivity index (χ4v) is 3.32. The molecule has 1 amide bonds. The van der Waals surface area contributed by atoms with E-state index in [2.05, 4.69) is 13.0 Å². The average Bonchev–Trinajstić information content (AvgIpc) is 3.06. The molecule has 0 unspecified atom stereocenters. The highest BCUT2D eigenvalue weighted by atomic mass is 16.5. The summed E-state index contributed by atoms with van der Waals surface area (Å²) in [7, 11) is 1.38. The number of fused-ring (bicyclic) bond motifs is 1. The minimum absolute atomic E-state index is 0.170. The van der Waals surface area contributed by atoms with Gasteiger partial charge in [0.05, 0.1) is 12.7 Å². The van der Waals surface area contributed by atoms with Crippen molar-refractivity contribution in [3.63, 3.8) is 0 Å². The van der Waals surface area contributed by atoms with Crippen molar-refractivity contribution in [1.29, 1.82) is 0 Å². The minimum atomic E-state index is -0.332. The number of hydrogen-bond donors (Lipinski definition) is 0. The van der Waals surface area contributed by atoms with Crippen molar-refractivity contribution < 1.29 is 14.3 Å². The van der Waals surface area contributed by atoms with Gasteiger partial charge < -0.3 is 9.64 Å². The number of carbonyl (C=O) groups is 2. The van der Waals surface area contributed by atoms with Gasteiger partial charge in [0.2, 0.25) is 5.91 Å². The molecule has 1 aliphatic heterocycles. The number of benzene rings is 2. The molecule has 0 bridgehead atoms. The van der Waals surface area contributed by atoms with Crippen LogP contribution in [0.5, 0.6) is 0 Å². The highest BCUT2D eigenvalue weighted by Crippen LogP contribution is 2.36. The fraction of sp³-hybridized carbons (Fsp3) is 0.300. The van der Waals surface area contributed by atoms with Crippen LogP contribution in [-0.2, 0) is 16.0 Å². The van der Waals surface area contributed by atoms with Gasteiger partial charge in [0.1, 0.15) is 0 Å². The Labute approximate surface area is 142 Å². The predicted molar refractivity (Wildman–Crippen MR) is 94.3 cm³/mol. The Morgan fingerprint density at radius 1 is 1.12 bits per heavy atom. The Morgan fingerprint density at radius 2 is 1.83 bits per heavy atom. The molecule has 3 rings (SSSR count). The molecule has 0 aliphatic carbocycles. The maximum Gasteiger partial charge on any atom is 0.337 e. The van der Waals surface area contributed by atoms with Crippen molar-refractivity contribution in [2.75, 3.05) is 18.6 Å². The van der Waals surface area contributed by atoms with Crippen molar-refractivity contribution in [3.05, 3.63) is 53.1 Å². The Bertz CT molecular complexity index is 793. The number of rotatable bonds is 3. The van der Waals surface area contributed by atoms with Crippen LogP contribution in [0, 0.1) is 6.92 Å². The Morgan fingerprint density at radius 3 is 2.46 bits per heavy atom. The molecule has 124 valence electrons. The van der Waals surface area contributed by atoms with Crippen molar-refractivity contribution in [1.82, 2.24) is 0 Å². The van der Waals surface area contributed by atoms with Crippen molar-refractivity contribution in [3.8, 4) is 11.1 Å². The molecule has 0 saturated carbocycles. The lowest BCUT2D eigenvalue weighted by molar-refractivity contribution is -0.118. The van der Waals surface area contributed by atoms with Crippen LogP contribution in [0.4, 0.5) is 5.69 Å². The van der Waals surface area contributed by atoms with Gasteiger partial charge in [-0.3, -0.25) is 4.79 Å². The molecule has 0 saturated heterocycles. The summed E-state index contributed by atoms with van der Waals surface area (Å²) in [6.45, 7) is 4.75. The van der Waals surface area contributed by atoms with Crippen LogP contribution >= 0.6 is 0 Å². The number of esters is 1. The SMILES string of the molecule is CCC(=O)N1CCc2c1ccc(-c1ccc(C(=O)OC)cc1)c2C. The van der Waals surface area contributed by atoms with Crippen LogP contribution in [0.1, 0.15) is 34.8 Å². The van der Waals surface area contributed by atoms with Gasteiger partial charge in [0, 0.05) is 18.7 Å². The van der Waals surface area contributed by atoms with Gasteiger partial charge >= 0.3 is 5.97 Å². The van der Waals surface area contributed by atoms with E-state index in [-0.39, 0.29) is 11.9 Å². The monoisotopic (exact) mass is 323 g/mol. The molecule has 1 heterocycles. The highest BCUT2D eigenvalue weighted by molar-refractivity contribution is 5.96. The molecule has 2 aromatic carbocycles. The molecular weight excluding hydrogens is 302 g/mol. The topological polar surface area (TPSA) is 46.6 Å². The Kier molecular flexibility index (Phi) is 4.38. The predicted octanol–water partition coefficient (Wildman–Crippen LogP) is 3.75. The normalized spacial score (nSPS) is 12.9. The summed E-state index contributed by atoms with van der Waals surface area (Å²) < 4.78 is 4.73. The molecule has 2 aromatic rings. The van der Waals surface area contributed by atoms with Gasteiger partial charge in [-0.1, -0.05) is 25.1 Å². The van der Waals surface area contributed by atoms with Crippen LogP contribution in [-0.4, -0.2) is 25.5 Å². The summed E-state index contributed by atoms with van der Waals surface area (Å²) in [6.07, 6.45) is 1.41. The third-order valence-electron chi connectivity index (χ3n) is 4.67. The molecule has 0 N–H and O–H groups in total. The minimum Gasteiger partial charge on any atom is -0.465 e. The van der Waals surface area contributed by atoms with Crippen molar-refractivity contribution >= 4 is 17.6 Å². The number of methoxy groups -OCH3 is 1. The van der Waals surface area contributed by atoms with Crippen LogP contribution in [0.15, 0.2) is 36.4 Å². The van der Waals surface area contributed by atoms with Crippen LogP contribution < -0.4 is 4.90 Å². The largest absolute Gasteiger partial charge is 0.465 e. The van der Waals surface area contributed by atoms with Gasteiger partial charge in [-0.15, -0.1) is 0 Å². The summed E-state index contributed by atoms with van der Waals surface area (Å²) in [5.74, 6) is -0.163. The van der Waals surface area contributed by atoms with E-state index >= 15 is 0 Å². The van der Waals surface area contributed by atoms with E-state index in [1.807, 2.05) is 30.0 Å². The number of carbonyl (C=O) groups excluding carboxylic acids is 2. The first kappa shape index (κ1) is 16.2. The van der Waals surface area contributed by atoms with E-state index in [0.29, 0.717) is 12.0 Å². The van der Waals surface area contributed by atoms with Crippen molar-refractivity contribution in [2.24, 2.45) is 0 Å². The van der Waals surface area contributed by atoms with E-state index in [1.165, 1.54) is 18.2 Å². The average molecular weight is 323 g/mol. The summed E-state index contributed by atoms with van der Waals surface area (Å²) in [4.78, 5) is 25.5. The summed E-state index contributed by atoms with van der Waals surface area (Å²) >= 11 is 0. The zero-order chi connectivity index (χ0) is 17.3. The molecule has 0 spiro atoms. The fourth-order valence-electron chi connectivity index (χ4n) is 3.32. The van der Waals surface area contributed by atoms with Gasteiger partial charge in [-0.2, -0.15) is 0 Å². The number of nitrogens with zero attached hydrogens (tertiary/aromatic N) is 1. The zero-order valence-electron chi connectivity index (χ0n) is 14.3.